The maximum atomic E-state index is 12.3. The van der Waals surface area contributed by atoms with Crippen molar-refractivity contribution in [3.63, 3.8) is 0 Å². The lowest BCUT2D eigenvalue weighted by atomic mass is 9.93. The third-order valence-corrected chi connectivity index (χ3v) is 6.47. The quantitative estimate of drug-likeness (QED) is 0.346. The summed E-state index contributed by atoms with van der Waals surface area (Å²) >= 11 is 0. The number of rotatable bonds is 11. The van der Waals surface area contributed by atoms with E-state index in [0.29, 0.717) is 19.4 Å². The number of benzene rings is 2. The number of nitrogens with zero attached hydrogens (tertiary/aromatic N) is 1. The Morgan fingerprint density at radius 1 is 1.06 bits per heavy atom. The van der Waals surface area contributed by atoms with Crippen molar-refractivity contribution in [2.24, 2.45) is 0 Å². The molecule has 2 N–H and O–H groups in total. The molecule has 0 saturated carbocycles. The molecule has 0 spiro atoms. The van der Waals surface area contributed by atoms with Crippen LogP contribution in [0.2, 0.25) is 0 Å². The molecule has 2 atom stereocenters. The summed E-state index contributed by atoms with van der Waals surface area (Å²) in [5, 5.41) is 19.6. The molecule has 33 heavy (non-hydrogen) atoms. The van der Waals surface area contributed by atoms with Crippen molar-refractivity contribution < 1.29 is 19.8 Å². The Kier molecular flexibility index (Phi) is 8.84. The van der Waals surface area contributed by atoms with Crippen molar-refractivity contribution in [2.75, 3.05) is 6.54 Å². The zero-order valence-corrected chi connectivity index (χ0v) is 19.7. The van der Waals surface area contributed by atoms with E-state index in [9.17, 15) is 14.7 Å². The second-order valence-corrected chi connectivity index (χ2v) is 8.97. The number of aliphatic hydroxyl groups is 1. The van der Waals surface area contributed by atoms with Gasteiger partial charge in [0.1, 0.15) is 0 Å². The molecule has 5 heteroatoms. The van der Waals surface area contributed by atoms with Crippen molar-refractivity contribution in [1.82, 2.24) is 4.90 Å². The Labute approximate surface area is 196 Å². The second kappa shape index (κ2) is 11.8. The van der Waals surface area contributed by atoms with Crippen molar-refractivity contribution in [3.8, 4) is 11.1 Å². The number of likely N-dealkylation sites (tertiary alicyclic amines) is 1. The fraction of sp³-hybridized carbons (Fsp3) is 0.429. The topological polar surface area (TPSA) is 77.8 Å². The van der Waals surface area contributed by atoms with E-state index < -0.39 is 12.1 Å². The first-order valence-electron chi connectivity index (χ1n) is 11.9. The van der Waals surface area contributed by atoms with Gasteiger partial charge in [0.2, 0.25) is 5.91 Å². The molecule has 1 unspecified atom stereocenters. The van der Waals surface area contributed by atoms with E-state index in [-0.39, 0.29) is 18.4 Å². The summed E-state index contributed by atoms with van der Waals surface area (Å²) in [5.41, 5.74) is 5.50. The summed E-state index contributed by atoms with van der Waals surface area (Å²) in [6, 6.07) is 14.3. The number of aliphatic hydroxyl groups excluding tert-OH is 1. The zero-order chi connectivity index (χ0) is 23.8. The number of aryl methyl sites for hydroxylation is 2. The highest BCUT2D eigenvalue weighted by Crippen LogP contribution is 2.30. The lowest BCUT2D eigenvalue weighted by Gasteiger charge is -2.23. The molecule has 176 valence electrons. The number of amides is 1. The molecule has 2 aromatic rings. The van der Waals surface area contributed by atoms with Gasteiger partial charge in [0.15, 0.2) is 0 Å². The van der Waals surface area contributed by atoms with E-state index in [1.165, 1.54) is 16.7 Å². The van der Waals surface area contributed by atoms with E-state index in [1.807, 2.05) is 35.2 Å². The number of unbranched alkanes of at least 4 members (excludes halogenated alkanes) is 3. The first-order valence-corrected chi connectivity index (χ1v) is 11.9. The van der Waals surface area contributed by atoms with E-state index in [1.54, 1.807) is 6.08 Å². The van der Waals surface area contributed by atoms with Crippen molar-refractivity contribution in [3.05, 3.63) is 71.3 Å². The number of carboxylic acids is 1. The van der Waals surface area contributed by atoms with Crippen molar-refractivity contribution in [1.29, 1.82) is 0 Å². The summed E-state index contributed by atoms with van der Waals surface area (Å²) in [7, 11) is 0. The van der Waals surface area contributed by atoms with Gasteiger partial charge >= 0.3 is 5.97 Å². The highest BCUT2D eigenvalue weighted by atomic mass is 16.4. The molecule has 0 aliphatic carbocycles. The van der Waals surface area contributed by atoms with Gasteiger partial charge in [0.25, 0.3) is 0 Å². The summed E-state index contributed by atoms with van der Waals surface area (Å²) < 4.78 is 0. The predicted molar refractivity (Wildman–Crippen MR) is 131 cm³/mol. The number of hydrogen-bond acceptors (Lipinski definition) is 3. The minimum atomic E-state index is -0.756. The molecule has 5 nitrogen and oxygen atoms in total. The number of carboxylic acid groups (broad SMARTS) is 1. The van der Waals surface area contributed by atoms with Crippen LogP contribution in [0.5, 0.6) is 0 Å². The molecule has 1 saturated heterocycles. The number of hydrogen-bond donors (Lipinski definition) is 2. The molecular formula is C28H35NO4. The molecule has 2 aromatic carbocycles. The minimum absolute atomic E-state index is 0.00690. The van der Waals surface area contributed by atoms with Crippen LogP contribution in [0.3, 0.4) is 0 Å². The number of carbonyl (C=O) groups is 2. The van der Waals surface area contributed by atoms with Gasteiger partial charge in [-0.1, -0.05) is 61.4 Å². The standard InChI is InChI=1S/C28H35NO4/c1-20-9-6-7-10-24(20)25-19-22(13-12-21(25)2)26(30)16-14-23-15-17-27(31)29(23)18-8-4-3-5-11-28(32)33/h6-7,9-10,12-14,16,19,23,26,30H,3-5,8,11,15,17-18H2,1-2H3,(H,32,33)/b16-14+/t23-,26?/m0/s1. The van der Waals surface area contributed by atoms with Gasteiger partial charge in [-0.05, 0) is 67.0 Å². The van der Waals surface area contributed by atoms with Gasteiger partial charge in [0.05, 0.1) is 12.1 Å². The largest absolute Gasteiger partial charge is 0.481 e. The van der Waals surface area contributed by atoms with Crippen LogP contribution in [0.15, 0.2) is 54.6 Å². The molecule has 1 heterocycles. The number of carbonyl (C=O) groups excluding carboxylic acids is 1. The lowest BCUT2D eigenvalue weighted by Crippen LogP contribution is -2.32. The van der Waals surface area contributed by atoms with Gasteiger partial charge in [-0.2, -0.15) is 0 Å². The first kappa shape index (κ1) is 24.7. The Morgan fingerprint density at radius 3 is 2.55 bits per heavy atom. The summed E-state index contributed by atoms with van der Waals surface area (Å²) in [6.45, 7) is 4.85. The van der Waals surface area contributed by atoms with Crippen LogP contribution in [0.1, 0.15) is 67.7 Å². The molecular weight excluding hydrogens is 414 g/mol. The van der Waals surface area contributed by atoms with Gasteiger partial charge in [0, 0.05) is 19.4 Å². The predicted octanol–water partition coefficient (Wildman–Crippen LogP) is 5.59. The third-order valence-electron chi connectivity index (χ3n) is 6.47. The van der Waals surface area contributed by atoms with Crippen LogP contribution in [0.4, 0.5) is 0 Å². The molecule has 1 fully saturated rings. The highest BCUT2D eigenvalue weighted by Gasteiger charge is 2.28. The Hall–Kier alpha value is -2.92. The van der Waals surface area contributed by atoms with Crippen LogP contribution in [-0.2, 0) is 9.59 Å². The Bertz CT molecular complexity index is 997. The van der Waals surface area contributed by atoms with Crippen LogP contribution in [-0.4, -0.2) is 39.6 Å². The van der Waals surface area contributed by atoms with Gasteiger partial charge in [-0.15, -0.1) is 0 Å². The van der Waals surface area contributed by atoms with Crippen LogP contribution in [0, 0.1) is 13.8 Å². The van der Waals surface area contributed by atoms with E-state index in [0.717, 1.165) is 36.8 Å². The van der Waals surface area contributed by atoms with Gasteiger partial charge in [-0.25, -0.2) is 0 Å². The average molecular weight is 450 g/mol. The number of aliphatic carboxylic acids is 1. The summed E-state index contributed by atoms with van der Waals surface area (Å²) in [6.07, 6.45) is 7.87. The third kappa shape index (κ3) is 6.78. The second-order valence-electron chi connectivity index (χ2n) is 8.97. The van der Waals surface area contributed by atoms with Gasteiger partial charge < -0.3 is 15.1 Å². The van der Waals surface area contributed by atoms with Crippen LogP contribution < -0.4 is 0 Å². The Balaban J connectivity index is 1.61. The first-order chi connectivity index (χ1) is 15.9. The maximum absolute atomic E-state index is 12.3. The van der Waals surface area contributed by atoms with E-state index in [2.05, 4.69) is 32.0 Å². The van der Waals surface area contributed by atoms with Crippen LogP contribution >= 0.6 is 0 Å². The lowest BCUT2D eigenvalue weighted by molar-refractivity contribution is -0.137. The fourth-order valence-electron chi connectivity index (χ4n) is 4.49. The molecule has 1 aliphatic rings. The van der Waals surface area contributed by atoms with Gasteiger partial charge in [-0.3, -0.25) is 9.59 Å². The minimum Gasteiger partial charge on any atom is -0.481 e. The van der Waals surface area contributed by atoms with E-state index >= 15 is 0 Å². The molecule has 3 rings (SSSR count). The highest BCUT2D eigenvalue weighted by molar-refractivity contribution is 5.79. The smallest absolute Gasteiger partial charge is 0.303 e. The van der Waals surface area contributed by atoms with E-state index in [4.69, 9.17) is 5.11 Å². The summed E-state index contributed by atoms with van der Waals surface area (Å²) in [5.74, 6) is -0.602. The molecule has 1 aliphatic heterocycles. The summed E-state index contributed by atoms with van der Waals surface area (Å²) in [4.78, 5) is 24.8. The average Bonchev–Trinajstić information content (AvgIpc) is 3.14. The molecule has 0 aromatic heterocycles. The van der Waals surface area contributed by atoms with Crippen LogP contribution in [0.25, 0.3) is 11.1 Å². The van der Waals surface area contributed by atoms with Crippen molar-refractivity contribution >= 4 is 11.9 Å². The molecule has 1 amide bonds. The molecule has 0 bridgehead atoms. The Morgan fingerprint density at radius 2 is 1.79 bits per heavy atom. The van der Waals surface area contributed by atoms with Crippen molar-refractivity contribution in [2.45, 2.75) is 70.9 Å². The zero-order valence-electron chi connectivity index (χ0n) is 19.7. The fourth-order valence-corrected chi connectivity index (χ4v) is 4.49. The monoisotopic (exact) mass is 449 g/mol. The maximum Gasteiger partial charge on any atom is 0.303 e. The normalized spacial score (nSPS) is 17.1. The SMILES string of the molecule is Cc1ccccc1-c1cc(C(O)/C=C/[C@H]2CCC(=O)N2CCCCCCC(=O)O)ccc1C. The molecule has 0 radical (unpaired) electrons.